The molecule has 0 amide bonds. The summed E-state index contributed by atoms with van der Waals surface area (Å²) in [6.07, 6.45) is 0.888. The van der Waals surface area contributed by atoms with Crippen LogP contribution in [0.15, 0.2) is 0 Å². The quantitative estimate of drug-likeness (QED) is 0.566. The van der Waals surface area contributed by atoms with Gasteiger partial charge >= 0.3 is 10.4 Å². The lowest BCUT2D eigenvalue weighted by atomic mass is 9.83. The Bertz CT molecular complexity index is 342. The Kier molecular flexibility index (Phi) is 1.60. The summed E-state index contributed by atoms with van der Waals surface area (Å²) >= 11 is 0. The second-order valence-corrected chi connectivity index (χ2v) is 5.12. The molecule has 4 aliphatic heterocycles. The number of rotatable bonds is 0. The molecule has 1 unspecified atom stereocenters. The van der Waals surface area contributed by atoms with E-state index in [-0.39, 0.29) is 5.92 Å². The van der Waals surface area contributed by atoms with Crippen LogP contribution in [0.4, 0.5) is 0 Å². The van der Waals surface area contributed by atoms with Gasteiger partial charge in [0.2, 0.25) is 0 Å². The zero-order chi connectivity index (χ0) is 9.97. The van der Waals surface area contributed by atoms with E-state index in [1.807, 2.05) is 0 Å². The molecule has 4 rings (SSSR count). The molecule has 0 radical (unpaired) electrons. The number of aliphatic hydroxyl groups excluding tert-OH is 1. The molecule has 4 fully saturated rings. The molecule has 1 N–H and O–H groups in total. The molecular formula is C7H11NO5S. The van der Waals surface area contributed by atoms with Crippen molar-refractivity contribution in [3.05, 3.63) is 0 Å². The van der Waals surface area contributed by atoms with Crippen LogP contribution in [0.1, 0.15) is 12.8 Å². The third kappa shape index (κ3) is 0.961. The highest BCUT2D eigenvalue weighted by Crippen LogP contribution is 2.47. The van der Waals surface area contributed by atoms with Crippen LogP contribution in [0.25, 0.3) is 0 Å². The van der Waals surface area contributed by atoms with E-state index in [0.717, 1.165) is 25.9 Å². The fourth-order valence-electron chi connectivity index (χ4n) is 2.51. The van der Waals surface area contributed by atoms with E-state index in [1.165, 1.54) is 0 Å². The van der Waals surface area contributed by atoms with Crippen molar-refractivity contribution in [2.75, 3.05) is 13.1 Å². The largest absolute Gasteiger partial charge is 0.407 e. The van der Waals surface area contributed by atoms with Crippen molar-refractivity contribution in [1.82, 2.24) is 4.90 Å². The number of nitrogens with zero attached hydrogens (tertiary/aromatic N) is 1. The van der Waals surface area contributed by atoms with E-state index in [9.17, 15) is 13.5 Å². The van der Waals surface area contributed by atoms with Crippen molar-refractivity contribution < 1.29 is 21.9 Å². The van der Waals surface area contributed by atoms with Crippen molar-refractivity contribution >= 4 is 10.4 Å². The maximum atomic E-state index is 10.8. The summed E-state index contributed by atoms with van der Waals surface area (Å²) in [7, 11) is -3.85. The molecule has 7 heteroatoms. The van der Waals surface area contributed by atoms with Gasteiger partial charge in [-0.15, -0.1) is 0 Å². The number of hydrogen-bond acceptors (Lipinski definition) is 6. The molecule has 0 aromatic carbocycles. The Labute approximate surface area is 81.7 Å². The smallest absolute Gasteiger partial charge is 0.386 e. The van der Waals surface area contributed by atoms with E-state index < -0.39 is 22.4 Å². The first-order chi connectivity index (χ1) is 6.54. The Hall–Kier alpha value is -0.210. The molecule has 0 saturated carbocycles. The number of fused-ring (bicyclic) bond motifs is 2. The predicted octanol–water partition coefficient (Wildman–Crippen LogP) is -0.982. The van der Waals surface area contributed by atoms with Crippen LogP contribution in [-0.4, -0.2) is 43.5 Å². The van der Waals surface area contributed by atoms with Crippen LogP contribution in [0.2, 0.25) is 0 Å². The first kappa shape index (κ1) is 9.05. The highest BCUT2D eigenvalue weighted by atomic mass is 32.3. The molecule has 1 atom stereocenters. The first-order valence-corrected chi connectivity index (χ1v) is 5.96. The summed E-state index contributed by atoms with van der Waals surface area (Å²) in [4.78, 5) is 1.75. The van der Waals surface area contributed by atoms with Crippen LogP contribution in [0, 0.1) is 5.92 Å². The second-order valence-electron chi connectivity index (χ2n) is 3.97. The van der Waals surface area contributed by atoms with Gasteiger partial charge in [0.25, 0.3) is 5.91 Å². The fourth-order valence-corrected chi connectivity index (χ4v) is 3.52. The van der Waals surface area contributed by atoms with Gasteiger partial charge in [-0.1, -0.05) is 0 Å². The van der Waals surface area contributed by atoms with Crippen molar-refractivity contribution in [3.63, 3.8) is 0 Å². The molecule has 0 aromatic rings. The molecule has 1 spiro atoms. The fraction of sp³-hybridized carbons (Fsp3) is 1.00. The minimum atomic E-state index is -3.85. The summed E-state index contributed by atoms with van der Waals surface area (Å²) in [5.41, 5.74) is 0. The second kappa shape index (κ2) is 2.48. The third-order valence-electron chi connectivity index (χ3n) is 3.24. The maximum absolute atomic E-state index is 10.8. The van der Waals surface area contributed by atoms with Crippen LogP contribution >= 0.6 is 0 Å². The average Bonchev–Trinajstić information content (AvgIpc) is 2.10. The Morgan fingerprint density at radius 3 is 2.29 bits per heavy atom. The summed E-state index contributed by atoms with van der Waals surface area (Å²) < 4.78 is 31.1. The van der Waals surface area contributed by atoms with E-state index >= 15 is 0 Å². The number of piperidine rings is 3. The number of aliphatic hydroxyl groups is 1. The molecule has 4 aliphatic rings. The third-order valence-corrected chi connectivity index (χ3v) is 4.13. The zero-order valence-electron chi connectivity index (χ0n) is 7.42. The summed E-state index contributed by atoms with van der Waals surface area (Å²) in [6, 6.07) is 0. The molecule has 0 aromatic heterocycles. The van der Waals surface area contributed by atoms with Gasteiger partial charge in [0.1, 0.15) is 6.10 Å². The standard InChI is InChI=1S/C7H11NO5S/c9-6-5-1-3-8(4-2-5)7(6)12-14(10,11)13-7/h5-6,9H,1-4H2. The van der Waals surface area contributed by atoms with E-state index in [0.29, 0.717) is 0 Å². The summed E-state index contributed by atoms with van der Waals surface area (Å²) in [6.45, 7) is 1.44. The Morgan fingerprint density at radius 1 is 1.29 bits per heavy atom. The molecule has 2 bridgehead atoms. The van der Waals surface area contributed by atoms with E-state index in [4.69, 9.17) is 8.37 Å². The van der Waals surface area contributed by atoms with Crippen molar-refractivity contribution in [3.8, 4) is 0 Å². The summed E-state index contributed by atoms with van der Waals surface area (Å²) in [5.74, 6) is -1.30. The Morgan fingerprint density at radius 2 is 1.86 bits per heavy atom. The van der Waals surface area contributed by atoms with Crippen LogP contribution < -0.4 is 0 Å². The molecule has 0 aliphatic carbocycles. The highest BCUT2D eigenvalue weighted by Gasteiger charge is 2.66. The average molecular weight is 221 g/mol. The molecule has 4 saturated heterocycles. The van der Waals surface area contributed by atoms with Crippen molar-refractivity contribution in [2.24, 2.45) is 5.92 Å². The zero-order valence-corrected chi connectivity index (χ0v) is 8.24. The van der Waals surface area contributed by atoms with Gasteiger partial charge < -0.3 is 5.11 Å². The monoisotopic (exact) mass is 221 g/mol. The van der Waals surface area contributed by atoms with Gasteiger partial charge in [-0.25, -0.2) is 4.90 Å². The number of hydrogen-bond donors (Lipinski definition) is 1. The predicted molar refractivity (Wildman–Crippen MR) is 44.1 cm³/mol. The molecule has 80 valence electrons. The lowest BCUT2D eigenvalue weighted by Crippen LogP contribution is -2.75. The Balaban J connectivity index is 1.93. The summed E-state index contributed by atoms with van der Waals surface area (Å²) in [5, 5.41) is 9.85. The van der Waals surface area contributed by atoms with Gasteiger partial charge in [-0.05, 0) is 18.8 Å². The van der Waals surface area contributed by atoms with Gasteiger partial charge in [-0.2, -0.15) is 16.8 Å². The topological polar surface area (TPSA) is 76.1 Å². The van der Waals surface area contributed by atoms with Gasteiger partial charge in [-0.3, -0.25) is 0 Å². The molecule has 14 heavy (non-hydrogen) atoms. The molecule has 6 nitrogen and oxygen atoms in total. The van der Waals surface area contributed by atoms with Gasteiger partial charge in [0.15, 0.2) is 0 Å². The normalized spacial score (nSPS) is 47.6. The lowest BCUT2D eigenvalue weighted by Gasteiger charge is -2.57. The first-order valence-electron chi connectivity index (χ1n) is 4.63. The van der Waals surface area contributed by atoms with Crippen molar-refractivity contribution in [2.45, 2.75) is 24.9 Å². The minimum Gasteiger partial charge on any atom is -0.386 e. The van der Waals surface area contributed by atoms with Crippen LogP contribution in [0.5, 0.6) is 0 Å². The molecule has 4 heterocycles. The minimum absolute atomic E-state index is 0.0931. The highest BCUT2D eigenvalue weighted by molar-refractivity contribution is 7.82. The maximum Gasteiger partial charge on any atom is 0.407 e. The SMILES string of the molecule is O=S1(=O)OC2(O1)C(O)C1CCN2CC1. The van der Waals surface area contributed by atoms with Gasteiger partial charge in [0.05, 0.1) is 0 Å². The van der Waals surface area contributed by atoms with Crippen molar-refractivity contribution in [1.29, 1.82) is 0 Å². The van der Waals surface area contributed by atoms with E-state index in [2.05, 4.69) is 0 Å². The van der Waals surface area contributed by atoms with E-state index in [1.54, 1.807) is 4.90 Å². The van der Waals surface area contributed by atoms with Crippen LogP contribution in [-0.2, 0) is 18.8 Å². The lowest BCUT2D eigenvalue weighted by molar-refractivity contribution is -0.362. The molecular weight excluding hydrogens is 210 g/mol. The van der Waals surface area contributed by atoms with Crippen LogP contribution in [0.3, 0.4) is 0 Å². The van der Waals surface area contributed by atoms with Gasteiger partial charge in [0, 0.05) is 13.1 Å².